The average Bonchev–Trinajstić information content (AvgIpc) is 3.27. The molecule has 0 radical (unpaired) electrons. The highest BCUT2D eigenvalue weighted by Gasteiger charge is 2.25. The maximum absolute atomic E-state index is 12.3. The molecule has 3 rings (SSSR count). The van der Waals surface area contributed by atoms with Crippen LogP contribution in [0.3, 0.4) is 0 Å². The summed E-state index contributed by atoms with van der Waals surface area (Å²) in [4.78, 5) is 26.1. The van der Waals surface area contributed by atoms with E-state index in [1.165, 1.54) is 12.5 Å². The Hall–Kier alpha value is -2.80. The minimum Gasteiger partial charge on any atom is -0.472 e. The van der Waals surface area contributed by atoms with Gasteiger partial charge in [0.1, 0.15) is 6.26 Å². The molecule has 0 unspecified atom stereocenters. The molecule has 1 aromatic heterocycles. The van der Waals surface area contributed by atoms with Crippen molar-refractivity contribution in [2.75, 3.05) is 30.3 Å². The molecule has 0 saturated carbocycles. The molecule has 3 N–H and O–H groups in total. The monoisotopic (exact) mass is 343 g/mol. The zero-order valence-electron chi connectivity index (χ0n) is 13.8. The van der Waals surface area contributed by atoms with Crippen LogP contribution in [0.5, 0.6) is 0 Å². The molecule has 132 valence electrons. The summed E-state index contributed by atoms with van der Waals surface area (Å²) in [5.41, 5.74) is 1.63. The number of carbonyl (C=O) groups is 2. The number of benzene rings is 1. The lowest BCUT2D eigenvalue weighted by atomic mass is 10.1. The van der Waals surface area contributed by atoms with E-state index in [4.69, 9.17) is 9.52 Å². The molecule has 2 aromatic rings. The second kappa shape index (κ2) is 7.85. The van der Waals surface area contributed by atoms with Crippen molar-refractivity contribution in [3.05, 3.63) is 48.4 Å². The second-order valence-electron chi connectivity index (χ2n) is 6.09. The van der Waals surface area contributed by atoms with Gasteiger partial charge in [-0.3, -0.25) is 4.79 Å². The maximum atomic E-state index is 12.3. The van der Waals surface area contributed by atoms with E-state index in [2.05, 4.69) is 10.6 Å². The van der Waals surface area contributed by atoms with Crippen molar-refractivity contribution in [2.24, 2.45) is 5.92 Å². The normalized spacial score (nSPS) is 16.7. The highest BCUT2D eigenvalue weighted by Crippen LogP contribution is 2.21. The van der Waals surface area contributed by atoms with Crippen LogP contribution in [0.4, 0.5) is 16.2 Å². The molecular weight excluding hydrogens is 322 g/mol. The number of likely N-dealkylation sites (tertiary alicyclic amines) is 1. The largest absolute Gasteiger partial charge is 0.472 e. The molecule has 0 bridgehead atoms. The molecule has 7 nitrogen and oxygen atoms in total. The molecule has 0 spiro atoms. The van der Waals surface area contributed by atoms with E-state index in [0.29, 0.717) is 35.9 Å². The molecule has 1 aromatic carbocycles. The first-order valence-corrected chi connectivity index (χ1v) is 8.26. The maximum Gasteiger partial charge on any atom is 0.321 e. The topological polar surface area (TPSA) is 94.8 Å². The number of aliphatic hydroxyl groups is 1. The summed E-state index contributed by atoms with van der Waals surface area (Å²) in [6, 6.07) is 8.40. The van der Waals surface area contributed by atoms with Gasteiger partial charge in [-0.05, 0) is 43.0 Å². The number of hydrogen-bond acceptors (Lipinski definition) is 4. The molecule has 3 amide bonds. The highest BCUT2D eigenvalue weighted by atomic mass is 16.3. The first kappa shape index (κ1) is 17.0. The van der Waals surface area contributed by atoms with Crippen LogP contribution in [0.25, 0.3) is 0 Å². The third-order valence-corrected chi connectivity index (χ3v) is 4.27. The molecule has 1 aliphatic heterocycles. The third kappa shape index (κ3) is 4.39. The van der Waals surface area contributed by atoms with Crippen LogP contribution < -0.4 is 10.6 Å². The van der Waals surface area contributed by atoms with Crippen LogP contribution in [0.1, 0.15) is 23.2 Å². The van der Waals surface area contributed by atoms with Crippen LogP contribution in [0.2, 0.25) is 0 Å². The Morgan fingerprint density at radius 3 is 2.76 bits per heavy atom. The first-order chi connectivity index (χ1) is 12.2. The van der Waals surface area contributed by atoms with Crippen molar-refractivity contribution in [3.8, 4) is 0 Å². The number of furan rings is 1. The van der Waals surface area contributed by atoms with Crippen molar-refractivity contribution in [2.45, 2.75) is 12.8 Å². The van der Waals surface area contributed by atoms with Crippen LogP contribution in [0.15, 0.2) is 47.3 Å². The Kier molecular flexibility index (Phi) is 5.35. The SMILES string of the molecule is O=C(Nc1cccc(NC(=O)N2CC[C@H](CCO)C2)c1)c1ccoc1. The van der Waals surface area contributed by atoms with Crippen LogP contribution in [-0.4, -0.2) is 41.6 Å². The van der Waals surface area contributed by atoms with E-state index in [1.807, 2.05) is 0 Å². The highest BCUT2D eigenvalue weighted by molar-refractivity contribution is 6.04. The number of carbonyl (C=O) groups excluding carboxylic acids is 2. The van der Waals surface area contributed by atoms with Crippen LogP contribution in [-0.2, 0) is 0 Å². The smallest absolute Gasteiger partial charge is 0.321 e. The Bertz CT molecular complexity index is 730. The van der Waals surface area contributed by atoms with Gasteiger partial charge in [-0.2, -0.15) is 0 Å². The van der Waals surface area contributed by atoms with E-state index < -0.39 is 0 Å². The van der Waals surface area contributed by atoms with Crippen molar-refractivity contribution in [3.63, 3.8) is 0 Å². The summed E-state index contributed by atoms with van der Waals surface area (Å²) < 4.78 is 4.89. The summed E-state index contributed by atoms with van der Waals surface area (Å²) in [5, 5.41) is 14.6. The minimum absolute atomic E-state index is 0.151. The minimum atomic E-state index is -0.274. The van der Waals surface area contributed by atoms with Gasteiger partial charge in [-0.25, -0.2) is 4.79 Å². The van der Waals surface area contributed by atoms with Gasteiger partial charge < -0.3 is 25.1 Å². The van der Waals surface area contributed by atoms with Gasteiger partial charge in [-0.1, -0.05) is 6.07 Å². The molecule has 2 heterocycles. The number of urea groups is 1. The fourth-order valence-electron chi connectivity index (χ4n) is 2.91. The lowest BCUT2D eigenvalue weighted by Crippen LogP contribution is -2.33. The quantitative estimate of drug-likeness (QED) is 0.778. The summed E-state index contributed by atoms with van der Waals surface area (Å²) >= 11 is 0. The van der Waals surface area contributed by atoms with Gasteiger partial charge in [0.2, 0.25) is 0 Å². The molecule has 1 atom stereocenters. The number of anilines is 2. The Labute approximate surface area is 145 Å². The molecular formula is C18H21N3O4. The zero-order valence-corrected chi connectivity index (χ0v) is 13.8. The summed E-state index contributed by atoms with van der Waals surface area (Å²) in [5.74, 6) is 0.0833. The molecule has 1 fully saturated rings. The van der Waals surface area contributed by atoms with Gasteiger partial charge >= 0.3 is 6.03 Å². The molecule has 1 saturated heterocycles. The number of nitrogens with one attached hydrogen (secondary N) is 2. The number of rotatable bonds is 5. The molecule has 1 aliphatic rings. The van der Waals surface area contributed by atoms with Gasteiger partial charge in [0.05, 0.1) is 11.8 Å². The fourth-order valence-corrected chi connectivity index (χ4v) is 2.91. The lowest BCUT2D eigenvalue weighted by molar-refractivity contribution is 0.102. The molecule has 25 heavy (non-hydrogen) atoms. The van der Waals surface area contributed by atoms with E-state index in [-0.39, 0.29) is 18.5 Å². The first-order valence-electron chi connectivity index (χ1n) is 8.26. The second-order valence-corrected chi connectivity index (χ2v) is 6.09. The van der Waals surface area contributed by atoms with Crippen molar-refractivity contribution in [1.82, 2.24) is 4.90 Å². The predicted molar refractivity (Wildman–Crippen MR) is 93.5 cm³/mol. The van der Waals surface area contributed by atoms with E-state index >= 15 is 0 Å². The standard InChI is InChI=1S/C18H21N3O4/c22-8-5-13-4-7-21(11-13)18(24)20-16-3-1-2-15(10-16)19-17(23)14-6-9-25-12-14/h1-3,6,9-10,12-13,22H,4-5,7-8,11H2,(H,19,23)(H,20,24)/t13-/m1/s1. The number of hydrogen-bond donors (Lipinski definition) is 3. The van der Waals surface area contributed by atoms with Crippen molar-refractivity contribution >= 4 is 23.3 Å². The number of aliphatic hydroxyl groups excluding tert-OH is 1. The van der Waals surface area contributed by atoms with Crippen LogP contribution in [0, 0.1) is 5.92 Å². The summed E-state index contributed by atoms with van der Waals surface area (Å²) in [6.45, 7) is 1.50. The van der Waals surface area contributed by atoms with E-state index in [0.717, 1.165) is 12.8 Å². The molecule has 7 heteroatoms. The fraction of sp³-hybridized carbons (Fsp3) is 0.333. The van der Waals surface area contributed by atoms with Crippen LogP contribution >= 0.6 is 0 Å². The van der Waals surface area contributed by atoms with Gasteiger partial charge in [0, 0.05) is 31.1 Å². The van der Waals surface area contributed by atoms with E-state index in [1.54, 1.807) is 35.2 Å². The third-order valence-electron chi connectivity index (χ3n) is 4.27. The van der Waals surface area contributed by atoms with Crippen molar-refractivity contribution in [1.29, 1.82) is 0 Å². The summed E-state index contributed by atoms with van der Waals surface area (Å²) in [7, 11) is 0. The number of nitrogens with zero attached hydrogens (tertiary/aromatic N) is 1. The lowest BCUT2D eigenvalue weighted by Gasteiger charge is -2.17. The Morgan fingerprint density at radius 1 is 1.24 bits per heavy atom. The zero-order chi connectivity index (χ0) is 17.6. The Morgan fingerprint density at radius 2 is 2.04 bits per heavy atom. The van der Waals surface area contributed by atoms with Gasteiger partial charge in [0.25, 0.3) is 5.91 Å². The van der Waals surface area contributed by atoms with Gasteiger partial charge in [-0.15, -0.1) is 0 Å². The average molecular weight is 343 g/mol. The van der Waals surface area contributed by atoms with Gasteiger partial charge in [0.15, 0.2) is 0 Å². The molecule has 0 aliphatic carbocycles. The summed E-state index contributed by atoms with van der Waals surface area (Å²) in [6.07, 6.45) is 4.44. The predicted octanol–water partition coefficient (Wildman–Crippen LogP) is 2.77. The van der Waals surface area contributed by atoms with Crippen molar-refractivity contribution < 1.29 is 19.1 Å². The number of amides is 3. The Balaban J connectivity index is 1.58. The van der Waals surface area contributed by atoms with E-state index in [9.17, 15) is 9.59 Å².